The monoisotopic (exact) mass is 249 g/mol. The van der Waals surface area contributed by atoms with Gasteiger partial charge in [-0.1, -0.05) is 0 Å². The second kappa shape index (κ2) is 5.66. The molecule has 0 aromatic carbocycles. The number of hydrogen-bond donors (Lipinski definition) is 2. The highest BCUT2D eigenvalue weighted by atomic mass is 16.2. The lowest BCUT2D eigenvalue weighted by molar-refractivity contribution is -0.132. The molecule has 1 aromatic heterocycles. The van der Waals surface area contributed by atoms with E-state index in [1.165, 1.54) is 12.7 Å². The predicted octanol–water partition coefficient (Wildman–Crippen LogP) is 0.872. The maximum atomic E-state index is 12.2. The van der Waals surface area contributed by atoms with Crippen molar-refractivity contribution in [2.45, 2.75) is 32.2 Å². The predicted molar refractivity (Wildman–Crippen MR) is 70.0 cm³/mol. The molecule has 1 aromatic rings. The highest BCUT2D eigenvalue weighted by molar-refractivity contribution is 5.84. The van der Waals surface area contributed by atoms with Gasteiger partial charge in [-0.25, -0.2) is 9.97 Å². The Morgan fingerprint density at radius 3 is 2.78 bits per heavy atom. The zero-order valence-electron chi connectivity index (χ0n) is 10.6. The van der Waals surface area contributed by atoms with Crippen molar-refractivity contribution in [2.24, 2.45) is 0 Å². The van der Waals surface area contributed by atoms with Crippen LogP contribution in [0, 0.1) is 0 Å². The summed E-state index contributed by atoms with van der Waals surface area (Å²) in [6, 6.07) is 1.33. The molecule has 0 aliphatic carbocycles. The summed E-state index contributed by atoms with van der Waals surface area (Å²) in [4.78, 5) is 21.9. The molecule has 0 spiro atoms. The Kier molecular flexibility index (Phi) is 3.96. The highest BCUT2D eigenvalue weighted by Gasteiger charge is 2.22. The number of piperidine rings is 1. The molecule has 6 nitrogen and oxygen atoms in total. The number of likely N-dealkylation sites (tertiary alicyclic amines) is 1. The van der Waals surface area contributed by atoms with E-state index in [0.29, 0.717) is 11.6 Å². The second-order valence-electron chi connectivity index (χ2n) is 4.58. The molecule has 6 heteroatoms. The maximum Gasteiger partial charge on any atom is 0.244 e. The molecule has 2 heterocycles. The Balaban J connectivity index is 1.94. The van der Waals surface area contributed by atoms with Crippen LogP contribution in [0.15, 0.2) is 12.4 Å². The number of hydrogen-bond acceptors (Lipinski definition) is 5. The number of rotatable bonds is 3. The summed E-state index contributed by atoms with van der Waals surface area (Å²) in [5.41, 5.74) is 5.57. The van der Waals surface area contributed by atoms with Crippen LogP contribution in [0.5, 0.6) is 0 Å². The number of nitrogen functional groups attached to an aromatic ring is 1. The first-order chi connectivity index (χ1) is 8.66. The molecule has 1 aliphatic rings. The number of nitrogens with two attached hydrogens (primary N) is 1. The van der Waals surface area contributed by atoms with E-state index in [9.17, 15) is 4.79 Å². The van der Waals surface area contributed by atoms with E-state index in [2.05, 4.69) is 15.3 Å². The van der Waals surface area contributed by atoms with Gasteiger partial charge in [0.1, 0.15) is 24.0 Å². The molecule has 1 amide bonds. The number of carbonyl (C=O) groups is 1. The van der Waals surface area contributed by atoms with Crippen molar-refractivity contribution < 1.29 is 4.79 Å². The molecule has 2 rings (SSSR count). The van der Waals surface area contributed by atoms with Crippen molar-refractivity contribution in [1.82, 2.24) is 14.9 Å². The van der Waals surface area contributed by atoms with Crippen LogP contribution in [0.1, 0.15) is 26.2 Å². The van der Waals surface area contributed by atoms with Gasteiger partial charge < -0.3 is 16.0 Å². The smallest absolute Gasteiger partial charge is 0.244 e. The van der Waals surface area contributed by atoms with Gasteiger partial charge in [0.2, 0.25) is 5.91 Å². The van der Waals surface area contributed by atoms with Gasteiger partial charge in [-0.15, -0.1) is 0 Å². The summed E-state index contributed by atoms with van der Waals surface area (Å²) in [6.45, 7) is 3.56. The number of carbonyl (C=O) groups excluding carboxylic acids is 1. The third-order valence-corrected chi connectivity index (χ3v) is 3.09. The Hall–Kier alpha value is -1.85. The van der Waals surface area contributed by atoms with Crippen LogP contribution in [0.25, 0.3) is 0 Å². The SMILES string of the molecule is CC(Nc1cc(N)ncn1)C(=O)N1CCCCC1. The quantitative estimate of drug-likeness (QED) is 0.830. The molecule has 0 radical (unpaired) electrons. The van der Waals surface area contributed by atoms with Crippen LogP contribution in [0.2, 0.25) is 0 Å². The normalized spacial score (nSPS) is 17.3. The molecule has 1 unspecified atom stereocenters. The minimum atomic E-state index is -0.294. The molecule has 0 saturated carbocycles. The summed E-state index contributed by atoms with van der Waals surface area (Å²) in [7, 11) is 0. The van der Waals surface area contributed by atoms with Gasteiger partial charge in [0, 0.05) is 19.2 Å². The van der Waals surface area contributed by atoms with Gasteiger partial charge in [-0.05, 0) is 26.2 Å². The Labute approximate surface area is 107 Å². The molecule has 18 heavy (non-hydrogen) atoms. The molecule has 98 valence electrons. The van der Waals surface area contributed by atoms with E-state index in [1.54, 1.807) is 6.07 Å². The number of amides is 1. The van der Waals surface area contributed by atoms with E-state index >= 15 is 0 Å². The first-order valence-electron chi connectivity index (χ1n) is 6.29. The molecule has 1 fully saturated rings. The lowest BCUT2D eigenvalue weighted by Crippen LogP contribution is -2.44. The van der Waals surface area contributed by atoms with Crippen LogP contribution in [0.3, 0.4) is 0 Å². The number of nitrogens with one attached hydrogen (secondary N) is 1. The summed E-state index contributed by atoms with van der Waals surface area (Å²) >= 11 is 0. The minimum absolute atomic E-state index is 0.117. The minimum Gasteiger partial charge on any atom is -0.384 e. The van der Waals surface area contributed by atoms with Gasteiger partial charge in [0.05, 0.1) is 0 Å². The Morgan fingerprint density at radius 2 is 2.11 bits per heavy atom. The van der Waals surface area contributed by atoms with E-state index in [1.807, 2.05) is 11.8 Å². The molecule has 1 saturated heterocycles. The largest absolute Gasteiger partial charge is 0.384 e. The topological polar surface area (TPSA) is 84.1 Å². The van der Waals surface area contributed by atoms with E-state index < -0.39 is 0 Å². The third kappa shape index (κ3) is 3.09. The second-order valence-corrected chi connectivity index (χ2v) is 4.58. The first kappa shape index (κ1) is 12.6. The standard InChI is InChI=1S/C12H19N5O/c1-9(12(18)17-5-3-2-4-6-17)16-11-7-10(13)14-8-15-11/h7-9H,2-6H2,1H3,(H3,13,14,15,16). The molecular formula is C12H19N5O. The van der Waals surface area contributed by atoms with Crippen molar-refractivity contribution in [3.63, 3.8) is 0 Å². The maximum absolute atomic E-state index is 12.2. The van der Waals surface area contributed by atoms with Crippen LogP contribution in [-0.2, 0) is 4.79 Å². The van der Waals surface area contributed by atoms with E-state index in [4.69, 9.17) is 5.73 Å². The fourth-order valence-corrected chi connectivity index (χ4v) is 2.12. The number of anilines is 2. The first-order valence-corrected chi connectivity index (χ1v) is 6.29. The Bertz CT molecular complexity index is 417. The molecule has 0 bridgehead atoms. The van der Waals surface area contributed by atoms with Crippen molar-refractivity contribution in [3.8, 4) is 0 Å². The lowest BCUT2D eigenvalue weighted by atomic mass is 10.1. The van der Waals surface area contributed by atoms with Gasteiger partial charge >= 0.3 is 0 Å². The van der Waals surface area contributed by atoms with Gasteiger partial charge in [-0.3, -0.25) is 4.79 Å². The summed E-state index contributed by atoms with van der Waals surface area (Å²) in [5, 5.41) is 3.06. The fourth-order valence-electron chi connectivity index (χ4n) is 2.12. The zero-order chi connectivity index (χ0) is 13.0. The fraction of sp³-hybridized carbons (Fsp3) is 0.583. The molecule has 1 atom stereocenters. The summed E-state index contributed by atoms with van der Waals surface area (Å²) in [5.74, 6) is 1.09. The average molecular weight is 249 g/mol. The molecule has 3 N–H and O–H groups in total. The zero-order valence-corrected chi connectivity index (χ0v) is 10.6. The summed E-state index contributed by atoms with van der Waals surface area (Å²) < 4.78 is 0. The van der Waals surface area contributed by atoms with Crippen LogP contribution < -0.4 is 11.1 Å². The number of nitrogens with zero attached hydrogens (tertiary/aromatic N) is 3. The van der Waals surface area contributed by atoms with E-state index in [-0.39, 0.29) is 11.9 Å². The average Bonchev–Trinajstić information content (AvgIpc) is 2.39. The highest BCUT2D eigenvalue weighted by Crippen LogP contribution is 2.12. The van der Waals surface area contributed by atoms with Crippen LogP contribution >= 0.6 is 0 Å². The summed E-state index contributed by atoms with van der Waals surface area (Å²) in [6.07, 6.45) is 4.79. The number of aromatic nitrogens is 2. The Morgan fingerprint density at radius 1 is 1.39 bits per heavy atom. The van der Waals surface area contributed by atoms with Gasteiger partial charge in [0.15, 0.2) is 0 Å². The molecular weight excluding hydrogens is 230 g/mol. The third-order valence-electron chi connectivity index (χ3n) is 3.09. The lowest BCUT2D eigenvalue weighted by Gasteiger charge is -2.29. The van der Waals surface area contributed by atoms with E-state index in [0.717, 1.165) is 25.9 Å². The van der Waals surface area contributed by atoms with Crippen molar-refractivity contribution in [1.29, 1.82) is 0 Å². The van der Waals surface area contributed by atoms with Gasteiger partial charge in [-0.2, -0.15) is 0 Å². The van der Waals surface area contributed by atoms with Crippen LogP contribution in [0.4, 0.5) is 11.6 Å². The van der Waals surface area contributed by atoms with Crippen molar-refractivity contribution in [2.75, 3.05) is 24.1 Å². The van der Waals surface area contributed by atoms with Gasteiger partial charge in [0.25, 0.3) is 0 Å². The van der Waals surface area contributed by atoms with Crippen LogP contribution in [-0.4, -0.2) is 39.9 Å². The molecule has 1 aliphatic heterocycles. The van der Waals surface area contributed by atoms with Crippen molar-refractivity contribution in [3.05, 3.63) is 12.4 Å². The van der Waals surface area contributed by atoms with Crippen molar-refractivity contribution >= 4 is 17.5 Å².